The van der Waals surface area contributed by atoms with E-state index in [1.165, 1.54) is 0 Å². The summed E-state index contributed by atoms with van der Waals surface area (Å²) in [5.74, 6) is -0.210. The van der Waals surface area contributed by atoms with Crippen LogP contribution >= 0.6 is 0 Å². The Labute approximate surface area is 141 Å². The molecule has 0 aliphatic heterocycles. The number of nitrogens with one attached hydrogen (secondary N) is 1. The summed E-state index contributed by atoms with van der Waals surface area (Å²) in [6.45, 7) is 1.57. The Kier molecular flexibility index (Phi) is 5.55. The highest BCUT2D eigenvalue weighted by molar-refractivity contribution is 5.92. The SMILES string of the molecule is NCCn1cc(C(=O)N[C@@H]2CCC[C@H]2OCc2ccccc2)nn1. The van der Waals surface area contributed by atoms with Gasteiger partial charge in [0.1, 0.15) is 0 Å². The first-order valence-corrected chi connectivity index (χ1v) is 8.33. The molecule has 1 saturated carbocycles. The number of nitrogens with zero attached hydrogens (tertiary/aromatic N) is 3. The van der Waals surface area contributed by atoms with E-state index >= 15 is 0 Å². The van der Waals surface area contributed by atoms with Crippen LogP contribution < -0.4 is 11.1 Å². The summed E-state index contributed by atoms with van der Waals surface area (Å²) in [5, 5.41) is 10.8. The van der Waals surface area contributed by atoms with E-state index in [4.69, 9.17) is 10.5 Å². The normalized spacial score (nSPS) is 20.2. The zero-order valence-electron chi connectivity index (χ0n) is 13.6. The summed E-state index contributed by atoms with van der Waals surface area (Å²) in [6, 6.07) is 10.1. The second-order valence-corrected chi connectivity index (χ2v) is 6.00. The first-order chi connectivity index (χ1) is 11.8. The van der Waals surface area contributed by atoms with Gasteiger partial charge in [0.05, 0.1) is 31.5 Å². The second-order valence-electron chi connectivity index (χ2n) is 6.00. The van der Waals surface area contributed by atoms with E-state index in [2.05, 4.69) is 15.6 Å². The summed E-state index contributed by atoms with van der Waals surface area (Å²) < 4.78 is 7.59. The van der Waals surface area contributed by atoms with Crippen LogP contribution in [0.2, 0.25) is 0 Å². The van der Waals surface area contributed by atoms with Gasteiger partial charge in [-0.2, -0.15) is 0 Å². The number of amides is 1. The van der Waals surface area contributed by atoms with Gasteiger partial charge in [-0.05, 0) is 24.8 Å². The lowest BCUT2D eigenvalue weighted by molar-refractivity contribution is 0.0271. The molecule has 24 heavy (non-hydrogen) atoms. The monoisotopic (exact) mass is 329 g/mol. The van der Waals surface area contributed by atoms with E-state index in [1.807, 2.05) is 30.3 Å². The fourth-order valence-electron chi connectivity index (χ4n) is 2.95. The van der Waals surface area contributed by atoms with Crippen LogP contribution in [0.4, 0.5) is 0 Å². The van der Waals surface area contributed by atoms with Gasteiger partial charge in [0.25, 0.3) is 5.91 Å². The molecular weight excluding hydrogens is 306 g/mol. The molecule has 0 saturated heterocycles. The average Bonchev–Trinajstić information content (AvgIpc) is 3.24. The maximum Gasteiger partial charge on any atom is 0.273 e. The maximum absolute atomic E-state index is 12.3. The third-order valence-electron chi connectivity index (χ3n) is 4.21. The van der Waals surface area contributed by atoms with E-state index in [0.29, 0.717) is 25.4 Å². The Balaban J connectivity index is 1.54. The van der Waals surface area contributed by atoms with Gasteiger partial charge in [-0.15, -0.1) is 5.10 Å². The summed E-state index contributed by atoms with van der Waals surface area (Å²) in [6.07, 6.45) is 4.58. The van der Waals surface area contributed by atoms with Gasteiger partial charge >= 0.3 is 0 Å². The number of nitrogens with two attached hydrogens (primary N) is 1. The molecule has 1 fully saturated rings. The molecule has 2 atom stereocenters. The largest absolute Gasteiger partial charge is 0.371 e. The molecule has 1 aliphatic carbocycles. The minimum Gasteiger partial charge on any atom is -0.371 e. The fraction of sp³-hybridized carbons (Fsp3) is 0.471. The minimum absolute atomic E-state index is 0.0147. The van der Waals surface area contributed by atoms with Gasteiger partial charge < -0.3 is 15.8 Å². The van der Waals surface area contributed by atoms with Crippen molar-refractivity contribution in [3.63, 3.8) is 0 Å². The highest BCUT2D eigenvalue weighted by Crippen LogP contribution is 2.23. The molecule has 0 unspecified atom stereocenters. The summed E-state index contributed by atoms with van der Waals surface area (Å²) in [4.78, 5) is 12.3. The summed E-state index contributed by atoms with van der Waals surface area (Å²) in [7, 11) is 0. The molecule has 3 N–H and O–H groups in total. The van der Waals surface area contributed by atoms with Crippen LogP contribution in [0, 0.1) is 0 Å². The Hall–Kier alpha value is -2.25. The van der Waals surface area contributed by atoms with Crippen LogP contribution in [0.3, 0.4) is 0 Å². The van der Waals surface area contributed by atoms with Crippen LogP contribution in [-0.4, -0.2) is 39.6 Å². The molecule has 0 bridgehead atoms. The molecule has 1 aromatic carbocycles. The van der Waals surface area contributed by atoms with Crippen molar-refractivity contribution >= 4 is 5.91 Å². The summed E-state index contributed by atoms with van der Waals surface area (Å²) in [5.41, 5.74) is 6.93. The van der Waals surface area contributed by atoms with Gasteiger partial charge in [0.15, 0.2) is 5.69 Å². The van der Waals surface area contributed by atoms with Crippen molar-refractivity contribution in [2.24, 2.45) is 5.73 Å². The van der Waals surface area contributed by atoms with Crippen LogP contribution in [0.25, 0.3) is 0 Å². The second kappa shape index (κ2) is 8.03. The van der Waals surface area contributed by atoms with Crippen molar-refractivity contribution in [3.05, 3.63) is 47.8 Å². The number of carbonyl (C=O) groups is 1. The predicted octanol–water partition coefficient (Wildman–Crippen LogP) is 1.10. The van der Waals surface area contributed by atoms with Crippen molar-refractivity contribution in [3.8, 4) is 0 Å². The Morgan fingerprint density at radius 2 is 2.17 bits per heavy atom. The minimum atomic E-state index is -0.210. The van der Waals surface area contributed by atoms with E-state index in [0.717, 1.165) is 24.8 Å². The van der Waals surface area contributed by atoms with Gasteiger partial charge in [-0.25, -0.2) is 0 Å². The lowest BCUT2D eigenvalue weighted by Crippen LogP contribution is -2.41. The molecule has 3 rings (SSSR count). The lowest BCUT2D eigenvalue weighted by atomic mass is 10.2. The molecule has 0 spiro atoms. The van der Waals surface area contributed by atoms with E-state index < -0.39 is 0 Å². The van der Waals surface area contributed by atoms with E-state index in [-0.39, 0.29) is 18.1 Å². The zero-order chi connectivity index (χ0) is 16.8. The Bertz CT molecular complexity index is 658. The zero-order valence-corrected chi connectivity index (χ0v) is 13.6. The molecule has 2 aromatic rings. The van der Waals surface area contributed by atoms with Gasteiger partial charge in [-0.3, -0.25) is 9.48 Å². The van der Waals surface area contributed by atoms with Crippen LogP contribution in [0.1, 0.15) is 35.3 Å². The van der Waals surface area contributed by atoms with Crippen molar-refractivity contribution < 1.29 is 9.53 Å². The fourth-order valence-corrected chi connectivity index (χ4v) is 2.95. The van der Waals surface area contributed by atoms with Gasteiger partial charge in [-0.1, -0.05) is 35.5 Å². The highest BCUT2D eigenvalue weighted by Gasteiger charge is 2.30. The van der Waals surface area contributed by atoms with Gasteiger partial charge in [0, 0.05) is 6.54 Å². The van der Waals surface area contributed by atoms with E-state index in [9.17, 15) is 4.79 Å². The number of ether oxygens (including phenoxy) is 1. The number of hydrogen-bond acceptors (Lipinski definition) is 5. The molecule has 7 nitrogen and oxygen atoms in total. The van der Waals surface area contributed by atoms with Crippen LogP contribution in [0.15, 0.2) is 36.5 Å². The molecule has 7 heteroatoms. The molecule has 1 amide bonds. The smallest absolute Gasteiger partial charge is 0.273 e. The van der Waals surface area contributed by atoms with Crippen molar-refractivity contribution in [1.29, 1.82) is 0 Å². The van der Waals surface area contributed by atoms with Crippen molar-refractivity contribution in [1.82, 2.24) is 20.3 Å². The molecular formula is C17H23N5O2. The van der Waals surface area contributed by atoms with E-state index in [1.54, 1.807) is 10.9 Å². The molecule has 1 aromatic heterocycles. The first-order valence-electron chi connectivity index (χ1n) is 8.33. The quantitative estimate of drug-likeness (QED) is 0.793. The summed E-state index contributed by atoms with van der Waals surface area (Å²) >= 11 is 0. The first kappa shape index (κ1) is 16.6. The Morgan fingerprint density at radius 3 is 2.96 bits per heavy atom. The molecule has 1 aliphatic rings. The third-order valence-corrected chi connectivity index (χ3v) is 4.21. The number of aromatic nitrogens is 3. The molecule has 128 valence electrons. The van der Waals surface area contributed by atoms with Crippen LogP contribution in [0.5, 0.6) is 0 Å². The highest BCUT2D eigenvalue weighted by atomic mass is 16.5. The van der Waals surface area contributed by atoms with Crippen molar-refractivity contribution in [2.45, 2.75) is 44.6 Å². The number of rotatable bonds is 7. The predicted molar refractivity (Wildman–Crippen MR) is 89.2 cm³/mol. The Morgan fingerprint density at radius 1 is 1.33 bits per heavy atom. The number of benzene rings is 1. The number of carbonyl (C=O) groups excluding carboxylic acids is 1. The standard InChI is InChI=1S/C17H23N5O2/c18-9-10-22-11-15(20-21-22)17(23)19-14-7-4-8-16(14)24-12-13-5-2-1-3-6-13/h1-3,5-6,11,14,16H,4,7-10,12,18H2,(H,19,23)/t14-,16-/m1/s1. The third kappa shape index (κ3) is 4.18. The maximum atomic E-state index is 12.3. The topological polar surface area (TPSA) is 95.1 Å². The molecule has 0 radical (unpaired) electrons. The average molecular weight is 329 g/mol. The molecule has 1 heterocycles. The van der Waals surface area contributed by atoms with Gasteiger partial charge in [0.2, 0.25) is 0 Å². The van der Waals surface area contributed by atoms with Crippen LogP contribution in [-0.2, 0) is 17.9 Å². The van der Waals surface area contributed by atoms with Crippen molar-refractivity contribution in [2.75, 3.05) is 6.54 Å². The lowest BCUT2D eigenvalue weighted by Gasteiger charge is -2.21. The number of hydrogen-bond donors (Lipinski definition) is 2.